The molecule has 0 N–H and O–H groups in total. The number of methoxy groups -OCH3 is 1. The van der Waals surface area contributed by atoms with Crippen LogP contribution in [0, 0.1) is 13.8 Å². The van der Waals surface area contributed by atoms with Crippen molar-refractivity contribution < 1.29 is 18.7 Å². The van der Waals surface area contributed by atoms with Crippen molar-refractivity contribution in [3.63, 3.8) is 0 Å². The highest BCUT2D eigenvalue weighted by atomic mass is 32.1. The molecule has 7 nitrogen and oxygen atoms in total. The zero-order chi connectivity index (χ0) is 18.3. The summed E-state index contributed by atoms with van der Waals surface area (Å²) >= 11 is 1.41. The molecule has 0 aliphatic rings. The molecule has 8 heteroatoms. The molecule has 0 saturated carbocycles. The zero-order valence-corrected chi connectivity index (χ0v) is 15.6. The first-order chi connectivity index (χ1) is 11.8. The van der Waals surface area contributed by atoms with Crippen LogP contribution in [0.25, 0.3) is 10.2 Å². The Labute approximate surface area is 148 Å². The Hall–Kier alpha value is -2.61. The molecule has 0 bridgehead atoms. The van der Waals surface area contributed by atoms with E-state index < -0.39 is 5.97 Å². The summed E-state index contributed by atoms with van der Waals surface area (Å²) in [5.74, 6) is 0.460. The van der Waals surface area contributed by atoms with E-state index in [0.29, 0.717) is 22.0 Å². The third kappa shape index (κ3) is 3.05. The number of carbonyl (C=O) groups is 2. The van der Waals surface area contributed by atoms with Crippen LogP contribution in [-0.2, 0) is 18.3 Å². The van der Waals surface area contributed by atoms with Gasteiger partial charge in [-0.25, -0.2) is 4.79 Å². The third-order valence-electron chi connectivity index (χ3n) is 4.02. The second-order valence-electron chi connectivity index (χ2n) is 5.87. The Balaban J connectivity index is 1.80. The van der Waals surface area contributed by atoms with Gasteiger partial charge < -0.3 is 14.1 Å². The second kappa shape index (κ2) is 6.36. The van der Waals surface area contributed by atoms with Crippen LogP contribution in [0.2, 0.25) is 0 Å². The van der Waals surface area contributed by atoms with Gasteiger partial charge in [-0.3, -0.25) is 9.48 Å². The predicted octanol–water partition coefficient (Wildman–Crippen LogP) is 2.90. The van der Waals surface area contributed by atoms with Gasteiger partial charge in [0.15, 0.2) is 0 Å². The van der Waals surface area contributed by atoms with E-state index in [1.165, 1.54) is 18.4 Å². The highest BCUT2D eigenvalue weighted by Crippen LogP contribution is 2.28. The van der Waals surface area contributed by atoms with Crippen molar-refractivity contribution in [2.75, 3.05) is 14.2 Å². The molecule has 0 fully saturated rings. The SMILES string of the molecule is COC(=O)c1cc(CN(C)C(=O)c2cc3c(C)nn(C)c3s2)oc1C. The monoisotopic (exact) mass is 361 g/mol. The molecular weight excluding hydrogens is 342 g/mol. The predicted molar refractivity (Wildman–Crippen MR) is 93.9 cm³/mol. The molecule has 3 heterocycles. The van der Waals surface area contributed by atoms with Gasteiger partial charge in [0.1, 0.15) is 21.9 Å². The van der Waals surface area contributed by atoms with Crippen molar-refractivity contribution in [1.29, 1.82) is 0 Å². The summed E-state index contributed by atoms with van der Waals surface area (Å²) in [6, 6.07) is 3.48. The van der Waals surface area contributed by atoms with Crippen molar-refractivity contribution in [2.45, 2.75) is 20.4 Å². The molecule has 0 unspecified atom stereocenters. The number of aromatic nitrogens is 2. The number of ether oxygens (including phenoxy) is 1. The zero-order valence-electron chi connectivity index (χ0n) is 14.7. The maximum atomic E-state index is 12.7. The molecule has 3 aromatic heterocycles. The summed E-state index contributed by atoms with van der Waals surface area (Å²) in [5, 5.41) is 5.34. The van der Waals surface area contributed by atoms with E-state index in [-0.39, 0.29) is 12.5 Å². The second-order valence-corrected chi connectivity index (χ2v) is 6.90. The van der Waals surface area contributed by atoms with Gasteiger partial charge in [-0.2, -0.15) is 5.10 Å². The van der Waals surface area contributed by atoms with E-state index in [2.05, 4.69) is 5.10 Å². The fourth-order valence-electron chi connectivity index (χ4n) is 2.74. The number of carbonyl (C=O) groups excluding carboxylic acids is 2. The molecule has 0 atom stereocenters. The van der Waals surface area contributed by atoms with Gasteiger partial charge in [0.25, 0.3) is 5.91 Å². The first-order valence-electron chi connectivity index (χ1n) is 7.68. The van der Waals surface area contributed by atoms with E-state index in [9.17, 15) is 9.59 Å². The number of furan rings is 1. The summed E-state index contributed by atoms with van der Waals surface area (Å²) in [7, 11) is 4.89. The molecule has 0 radical (unpaired) electrons. The van der Waals surface area contributed by atoms with Crippen LogP contribution in [-0.4, -0.2) is 40.7 Å². The minimum atomic E-state index is -0.450. The quantitative estimate of drug-likeness (QED) is 0.668. The molecule has 0 spiro atoms. The lowest BCUT2D eigenvalue weighted by atomic mass is 10.2. The lowest BCUT2D eigenvalue weighted by Crippen LogP contribution is -2.25. The van der Waals surface area contributed by atoms with E-state index in [0.717, 1.165) is 15.9 Å². The smallest absolute Gasteiger partial charge is 0.341 e. The fourth-order valence-corrected chi connectivity index (χ4v) is 3.86. The first kappa shape index (κ1) is 17.2. The largest absolute Gasteiger partial charge is 0.465 e. The van der Waals surface area contributed by atoms with Crippen LogP contribution >= 0.6 is 11.3 Å². The Morgan fingerprint density at radius 1 is 1.36 bits per heavy atom. The minimum absolute atomic E-state index is 0.103. The summed E-state index contributed by atoms with van der Waals surface area (Å²) in [5.41, 5.74) is 1.28. The molecule has 0 aliphatic carbocycles. The van der Waals surface area contributed by atoms with Crippen molar-refractivity contribution in [1.82, 2.24) is 14.7 Å². The Bertz CT molecular complexity index is 932. The van der Waals surface area contributed by atoms with Gasteiger partial charge in [0.2, 0.25) is 0 Å². The van der Waals surface area contributed by atoms with E-state index in [1.54, 1.807) is 29.6 Å². The molecule has 132 valence electrons. The van der Waals surface area contributed by atoms with Crippen LogP contribution in [0.4, 0.5) is 0 Å². The average Bonchev–Trinajstić information content (AvgIpc) is 3.23. The standard InChI is InChI=1S/C17H19N3O4S/c1-9-12-7-14(25-16(12)20(4)18-9)15(21)19(3)8-11-6-13(10(2)24-11)17(22)23-5/h6-7H,8H2,1-5H3. The number of rotatable bonds is 4. The third-order valence-corrected chi connectivity index (χ3v) is 5.21. The summed E-state index contributed by atoms with van der Waals surface area (Å²) in [6.07, 6.45) is 0. The molecule has 25 heavy (non-hydrogen) atoms. The first-order valence-corrected chi connectivity index (χ1v) is 8.49. The van der Waals surface area contributed by atoms with Gasteiger partial charge in [-0.05, 0) is 26.0 Å². The van der Waals surface area contributed by atoms with E-state index >= 15 is 0 Å². The van der Waals surface area contributed by atoms with Crippen molar-refractivity contribution in [3.8, 4) is 0 Å². The lowest BCUT2D eigenvalue weighted by molar-refractivity contribution is 0.0598. The number of aryl methyl sites for hydroxylation is 3. The normalized spacial score (nSPS) is 11.1. The molecule has 1 amide bonds. The summed E-state index contributed by atoms with van der Waals surface area (Å²) < 4.78 is 12.1. The van der Waals surface area contributed by atoms with Crippen LogP contribution in [0.1, 0.15) is 37.2 Å². The van der Waals surface area contributed by atoms with Gasteiger partial charge in [-0.1, -0.05) is 0 Å². The van der Waals surface area contributed by atoms with Crippen LogP contribution in [0.5, 0.6) is 0 Å². The molecular formula is C17H19N3O4S. The van der Waals surface area contributed by atoms with Gasteiger partial charge in [0.05, 0.1) is 24.2 Å². The number of fused-ring (bicyclic) bond motifs is 1. The molecule has 0 aromatic carbocycles. The van der Waals surface area contributed by atoms with E-state index in [4.69, 9.17) is 9.15 Å². The lowest BCUT2D eigenvalue weighted by Gasteiger charge is -2.14. The Kier molecular flexibility index (Phi) is 4.38. The van der Waals surface area contributed by atoms with Crippen LogP contribution < -0.4 is 0 Å². The summed E-state index contributed by atoms with van der Waals surface area (Å²) in [4.78, 5) is 27.5. The number of esters is 1. The van der Waals surface area contributed by atoms with Crippen molar-refractivity contribution in [3.05, 3.63) is 39.8 Å². The molecule has 0 saturated heterocycles. The Morgan fingerprint density at radius 2 is 2.08 bits per heavy atom. The molecule has 3 rings (SSSR count). The Morgan fingerprint density at radius 3 is 2.72 bits per heavy atom. The average molecular weight is 361 g/mol. The molecule has 0 aliphatic heterocycles. The highest BCUT2D eigenvalue weighted by Gasteiger charge is 2.21. The van der Waals surface area contributed by atoms with Crippen LogP contribution in [0.3, 0.4) is 0 Å². The van der Waals surface area contributed by atoms with Gasteiger partial charge in [0, 0.05) is 19.5 Å². The topological polar surface area (TPSA) is 77.6 Å². The van der Waals surface area contributed by atoms with Gasteiger partial charge in [-0.15, -0.1) is 11.3 Å². The summed E-state index contributed by atoms with van der Waals surface area (Å²) in [6.45, 7) is 3.88. The molecule has 3 aromatic rings. The number of nitrogens with zero attached hydrogens (tertiary/aromatic N) is 3. The van der Waals surface area contributed by atoms with Crippen molar-refractivity contribution >= 4 is 33.4 Å². The number of hydrogen-bond acceptors (Lipinski definition) is 6. The maximum Gasteiger partial charge on any atom is 0.341 e. The number of amides is 1. The van der Waals surface area contributed by atoms with Crippen LogP contribution in [0.15, 0.2) is 16.5 Å². The maximum absolute atomic E-state index is 12.7. The number of hydrogen-bond donors (Lipinski definition) is 0. The minimum Gasteiger partial charge on any atom is -0.465 e. The van der Waals surface area contributed by atoms with Gasteiger partial charge >= 0.3 is 5.97 Å². The number of thiophene rings is 1. The van der Waals surface area contributed by atoms with E-state index in [1.807, 2.05) is 20.0 Å². The fraction of sp³-hybridized carbons (Fsp3) is 0.353. The highest BCUT2D eigenvalue weighted by molar-refractivity contribution is 7.20. The van der Waals surface area contributed by atoms with Crippen molar-refractivity contribution in [2.24, 2.45) is 7.05 Å².